The van der Waals surface area contributed by atoms with Gasteiger partial charge in [0.2, 0.25) is 5.95 Å². The number of hydrogen-bond acceptors (Lipinski definition) is 5. The Morgan fingerprint density at radius 2 is 1.86 bits per heavy atom. The molecule has 7 heteroatoms. The first-order chi connectivity index (χ1) is 10.1. The van der Waals surface area contributed by atoms with E-state index in [-0.39, 0.29) is 0 Å². The van der Waals surface area contributed by atoms with E-state index in [0.717, 1.165) is 39.3 Å². The van der Waals surface area contributed by atoms with Crippen LogP contribution < -0.4 is 0 Å². The average molecular weight is 279 g/mol. The third-order valence-electron chi connectivity index (χ3n) is 3.52. The van der Waals surface area contributed by atoms with E-state index in [2.05, 4.69) is 30.1 Å². The van der Waals surface area contributed by atoms with Gasteiger partial charge in [-0.05, 0) is 26.8 Å². The fourth-order valence-electron chi connectivity index (χ4n) is 2.61. The summed E-state index contributed by atoms with van der Waals surface area (Å²) < 4.78 is 1.91. The van der Waals surface area contributed by atoms with Crippen LogP contribution in [-0.2, 0) is 0 Å². The van der Waals surface area contributed by atoms with Gasteiger partial charge in [0.05, 0.1) is 34.0 Å². The highest BCUT2D eigenvalue weighted by Crippen LogP contribution is 2.21. The van der Waals surface area contributed by atoms with Crippen molar-refractivity contribution < 1.29 is 0 Å². The lowest BCUT2D eigenvalue weighted by molar-refractivity contribution is 0.940. The predicted molar refractivity (Wildman–Crippen MR) is 78.3 cm³/mol. The van der Waals surface area contributed by atoms with E-state index in [1.165, 1.54) is 0 Å². The highest BCUT2D eigenvalue weighted by molar-refractivity contribution is 5.81. The van der Waals surface area contributed by atoms with Crippen LogP contribution in [0.25, 0.3) is 28.0 Å². The zero-order valence-electron chi connectivity index (χ0n) is 11.9. The number of aryl methyl sites for hydroxylation is 3. The van der Waals surface area contributed by atoms with E-state index in [1.807, 2.05) is 37.6 Å². The smallest absolute Gasteiger partial charge is 0.236 e. The Morgan fingerprint density at radius 3 is 2.71 bits per heavy atom. The van der Waals surface area contributed by atoms with E-state index in [4.69, 9.17) is 0 Å². The number of rotatable bonds is 1. The van der Waals surface area contributed by atoms with Gasteiger partial charge in [-0.25, -0.2) is 15.0 Å². The third kappa shape index (κ3) is 1.70. The molecule has 0 aliphatic carbocycles. The van der Waals surface area contributed by atoms with Gasteiger partial charge in [0, 0.05) is 6.20 Å². The highest BCUT2D eigenvalue weighted by atomic mass is 15.2. The lowest BCUT2D eigenvalue weighted by Crippen LogP contribution is -2.04. The van der Waals surface area contributed by atoms with Crippen molar-refractivity contribution in [3.63, 3.8) is 0 Å². The Bertz CT molecular complexity index is 980. The van der Waals surface area contributed by atoms with Crippen LogP contribution >= 0.6 is 0 Å². The summed E-state index contributed by atoms with van der Waals surface area (Å²) in [7, 11) is 0. The van der Waals surface area contributed by atoms with E-state index >= 15 is 0 Å². The Kier molecular flexibility index (Phi) is 2.32. The first kappa shape index (κ1) is 12.0. The van der Waals surface area contributed by atoms with E-state index in [0.29, 0.717) is 5.95 Å². The maximum Gasteiger partial charge on any atom is 0.236 e. The van der Waals surface area contributed by atoms with Crippen molar-refractivity contribution in [2.24, 2.45) is 0 Å². The summed E-state index contributed by atoms with van der Waals surface area (Å²) >= 11 is 0. The Balaban J connectivity index is 2.04. The molecule has 4 aromatic heterocycles. The second-order valence-electron chi connectivity index (χ2n) is 5.02. The molecule has 0 aliphatic heterocycles. The van der Waals surface area contributed by atoms with Crippen molar-refractivity contribution in [1.82, 2.24) is 34.7 Å². The molecule has 4 aromatic rings. The summed E-state index contributed by atoms with van der Waals surface area (Å²) in [5.41, 5.74) is 4.35. The van der Waals surface area contributed by atoms with Gasteiger partial charge in [0.25, 0.3) is 0 Å². The molecular formula is C14H13N7. The molecule has 4 heterocycles. The quantitative estimate of drug-likeness (QED) is 0.576. The monoisotopic (exact) mass is 279 g/mol. The summed E-state index contributed by atoms with van der Waals surface area (Å²) in [4.78, 5) is 18.0. The first-order valence-corrected chi connectivity index (χ1v) is 6.64. The maximum atomic E-state index is 4.57. The largest absolute Gasteiger partial charge is 0.282 e. The van der Waals surface area contributed by atoms with Crippen molar-refractivity contribution in [1.29, 1.82) is 0 Å². The Hall–Kier alpha value is -2.83. The summed E-state index contributed by atoms with van der Waals surface area (Å²) in [6.45, 7) is 5.80. The van der Waals surface area contributed by atoms with Crippen LogP contribution in [0.1, 0.15) is 17.2 Å². The first-order valence-electron chi connectivity index (χ1n) is 6.64. The van der Waals surface area contributed by atoms with Crippen LogP contribution in [0.5, 0.6) is 0 Å². The minimum Gasteiger partial charge on any atom is -0.282 e. The van der Waals surface area contributed by atoms with Crippen molar-refractivity contribution in [2.75, 3.05) is 0 Å². The number of fused-ring (bicyclic) bond motifs is 2. The Morgan fingerprint density at radius 1 is 1.00 bits per heavy atom. The molecule has 0 saturated carbocycles. The molecule has 0 aromatic carbocycles. The fourth-order valence-corrected chi connectivity index (χ4v) is 2.61. The number of nitrogens with zero attached hydrogens (tertiary/aromatic N) is 6. The number of hydrogen-bond donors (Lipinski definition) is 1. The lowest BCUT2D eigenvalue weighted by atomic mass is 10.3. The molecule has 1 N–H and O–H groups in total. The summed E-state index contributed by atoms with van der Waals surface area (Å²) in [5.74, 6) is 1.36. The van der Waals surface area contributed by atoms with Crippen LogP contribution in [-0.4, -0.2) is 34.7 Å². The zero-order valence-corrected chi connectivity index (χ0v) is 11.9. The van der Waals surface area contributed by atoms with Crippen LogP contribution in [0.2, 0.25) is 0 Å². The molecule has 104 valence electrons. The van der Waals surface area contributed by atoms with Crippen molar-refractivity contribution >= 4 is 22.1 Å². The Labute approximate surface area is 120 Å². The van der Waals surface area contributed by atoms with Crippen LogP contribution in [0, 0.1) is 20.8 Å². The minimum atomic E-state index is 0.592. The van der Waals surface area contributed by atoms with Gasteiger partial charge in [-0.15, -0.1) is 0 Å². The van der Waals surface area contributed by atoms with Crippen LogP contribution in [0.15, 0.2) is 18.5 Å². The van der Waals surface area contributed by atoms with Gasteiger partial charge in [-0.1, -0.05) is 0 Å². The molecule has 0 atom stereocenters. The second kappa shape index (κ2) is 4.08. The summed E-state index contributed by atoms with van der Waals surface area (Å²) in [5, 5.41) is 7.83. The molecule has 7 nitrogen and oxygen atoms in total. The topological polar surface area (TPSA) is 85.2 Å². The normalized spacial score (nSPS) is 11.6. The number of aromatic nitrogens is 7. The molecule has 0 amide bonds. The molecular weight excluding hydrogens is 266 g/mol. The molecule has 0 radical (unpaired) electrons. The average Bonchev–Trinajstić information content (AvgIpc) is 3.04. The lowest BCUT2D eigenvalue weighted by Gasteiger charge is -2.07. The minimum absolute atomic E-state index is 0.592. The molecule has 0 aliphatic rings. The van der Waals surface area contributed by atoms with Crippen LogP contribution in [0.4, 0.5) is 0 Å². The van der Waals surface area contributed by atoms with Crippen LogP contribution in [0.3, 0.4) is 0 Å². The van der Waals surface area contributed by atoms with E-state index in [1.54, 1.807) is 6.20 Å². The van der Waals surface area contributed by atoms with E-state index < -0.39 is 0 Å². The SMILES string of the molecule is Cc1nc(C)c2c(ccn2-c2nc(C)c3cn[nH]c3n2)n1. The molecule has 21 heavy (non-hydrogen) atoms. The molecule has 0 saturated heterocycles. The van der Waals surface area contributed by atoms with Gasteiger partial charge in [-0.2, -0.15) is 10.1 Å². The standard InChI is InChI=1S/C14H13N7/c1-7-10-6-15-20-13(10)19-14(17-7)21-5-4-11-12(21)8(2)16-9(3)18-11/h4-6H,1-3H3,(H,15,17,19,20). The maximum absolute atomic E-state index is 4.57. The fraction of sp³-hybridized carbons (Fsp3) is 0.214. The molecule has 0 spiro atoms. The summed E-state index contributed by atoms with van der Waals surface area (Å²) in [6, 6.07) is 1.95. The number of aromatic amines is 1. The van der Waals surface area contributed by atoms with Gasteiger partial charge < -0.3 is 0 Å². The zero-order chi connectivity index (χ0) is 14.6. The molecule has 0 unspecified atom stereocenters. The third-order valence-corrected chi connectivity index (χ3v) is 3.52. The van der Waals surface area contributed by atoms with Gasteiger partial charge >= 0.3 is 0 Å². The molecule has 0 bridgehead atoms. The molecule has 4 rings (SSSR count). The second-order valence-corrected chi connectivity index (χ2v) is 5.02. The summed E-state index contributed by atoms with van der Waals surface area (Å²) in [6.07, 6.45) is 3.66. The predicted octanol–water partition coefficient (Wildman–Crippen LogP) is 2.01. The van der Waals surface area contributed by atoms with Crippen molar-refractivity contribution in [3.05, 3.63) is 35.7 Å². The van der Waals surface area contributed by atoms with E-state index in [9.17, 15) is 0 Å². The van der Waals surface area contributed by atoms with Crippen molar-refractivity contribution in [2.45, 2.75) is 20.8 Å². The van der Waals surface area contributed by atoms with Crippen molar-refractivity contribution in [3.8, 4) is 5.95 Å². The highest BCUT2D eigenvalue weighted by Gasteiger charge is 2.13. The number of H-pyrrole nitrogens is 1. The van der Waals surface area contributed by atoms with Gasteiger partial charge in [0.15, 0.2) is 5.65 Å². The number of nitrogens with one attached hydrogen (secondary N) is 1. The molecule has 0 fully saturated rings. The van der Waals surface area contributed by atoms with Gasteiger partial charge in [-0.3, -0.25) is 9.67 Å². The van der Waals surface area contributed by atoms with Gasteiger partial charge in [0.1, 0.15) is 5.82 Å².